The summed E-state index contributed by atoms with van der Waals surface area (Å²) in [5, 5.41) is 3.99. The maximum atomic E-state index is 5.75. The third-order valence-electron chi connectivity index (χ3n) is 5.56. The molecule has 2 heterocycles. The summed E-state index contributed by atoms with van der Waals surface area (Å²) in [6, 6.07) is 6.49. The van der Waals surface area contributed by atoms with Crippen LogP contribution in [0.4, 0.5) is 5.69 Å². The number of ether oxygens (including phenoxy) is 2. The van der Waals surface area contributed by atoms with Gasteiger partial charge in [0.15, 0.2) is 18.5 Å². The van der Waals surface area contributed by atoms with E-state index in [1.54, 1.807) is 7.11 Å². The molecule has 1 aromatic carbocycles. The molecule has 0 saturated carbocycles. The van der Waals surface area contributed by atoms with Crippen LogP contribution in [0.25, 0.3) is 0 Å². The molecule has 6 nitrogen and oxygen atoms in total. The largest absolute Gasteiger partial charge is 0.380 e. The zero-order valence-electron chi connectivity index (χ0n) is 16.6. The van der Waals surface area contributed by atoms with Crippen molar-refractivity contribution in [3.8, 4) is 0 Å². The standard InChI is InChI=1S/C21H32N4O2/c1-16-12-17(25-10-5-7-19(15-25)26-2)8-9-20(16)21(24-22)14-23-13-18-6-3-4-11-27-18/h8-9,12,14,18-19H,3-7,10-11,13,15,22H2,1-2H3/p+1/b23-14?,24-21+. The zero-order chi connectivity index (χ0) is 19.1. The van der Waals surface area contributed by atoms with Crippen LogP contribution in [0, 0.1) is 6.92 Å². The molecule has 2 unspecified atom stereocenters. The highest BCUT2D eigenvalue weighted by Crippen LogP contribution is 2.24. The number of nitrogens with two attached hydrogens (primary N) is 1. The molecular weight excluding hydrogens is 340 g/mol. The van der Waals surface area contributed by atoms with E-state index in [2.05, 4.69) is 40.1 Å². The van der Waals surface area contributed by atoms with Gasteiger partial charge < -0.3 is 20.2 Å². The second-order valence-corrected chi connectivity index (χ2v) is 7.50. The molecule has 2 atom stereocenters. The fourth-order valence-corrected chi connectivity index (χ4v) is 3.94. The van der Waals surface area contributed by atoms with Gasteiger partial charge in [-0.15, -0.1) is 0 Å². The number of anilines is 1. The Kier molecular flexibility index (Phi) is 7.24. The number of rotatable bonds is 6. The van der Waals surface area contributed by atoms with Gasteiger partial charge in [0.2, 0.25) is 0 Å². The van der Waals surface area contributed by atoms with Crippen molar-refractivity contribution in [2.24, 2.45) is 10.9 Å². The van der Waals surface area contributed by atoms with Crippen molar-refractivity contribution in [1.29, 1.82) is 0 Å². The van der Waals surface area contributed by atoms with Crippen molar-refractivity contribution in [2.75, 3.05) is 38.3 Å². The molecule has 2 saturated heterocycles. The van der Waals surface area contributed by atoms with Gasteiger partial charge in [-0.3, -0.25) is 0 Å². The Balaban J connectivity index is 1.66. The maximum Gasteiger partial charge on any atom is 0.190 e. The van der Waals surface area contributed by atoms with E-state index in [9.17, 15) is 0 Å². The first-order valence-corrected chi connectivity index (χ1v) is 10.1. The maximum absolute atomic E-state index is 5.75. The van der Waals surface area contributed by atoms with Gasteiger partial charge in [-0.05, 0) is 56.7 Å². The van der Waals surface area contributed by atoms with E-state index in [4.69, 9.17) is 15.3 Å². The average molecular weight is 374 g/mol. The third kappa shape index (κ3) is 5.30. The number of benzene rings is 1. The Hall–Kier alpha value is -1.92. The molecule has 3 N–H and O–H groups in total. The highest BCUT2D eigenvalue weighted by Gasteiger charge is 2.21. The second-order valence-electron chi connectivity index (χ2n) is 7.50. The molecule has 2 aliphatic rings. The lowest BCUT2D eigenvalue weighted by Crippen LogP contribution is -2.73. The molecule has 0 spiro atoms. The van der Waals surface area contributed by atoms with Crippen LogP contribution in [0.2, 0.25) is 0 Å². The Morgan fingerprint density at radius 3 is 2.96 bits per heavy atom. The molecule has 148 valence electrons. The Morgan fingerprint density at radius 1 is 1.37 bits per heavy atom. The summed E-state index contributed by atoms with van der Waals surface area (Å²) in [6.45, 7) is 5.79. The van der Waals surface area contributed by atoms with Gasteiger partial charge in [0.05, 0.1) is 6.10 Å². The minimum Gasteiger partial charge on any atom is -0.380 e. The molecule has 0 aliphatic carbocycles. The molecule has 2 aliphatic heterocycles. The van der Waals surface area contributed by atoms with E-state index in [1.807, 2.05) is 6.21 Å². The average Bonchev–Trinajstić information content (AvgIpc) is 2.72. The first-order chi connectivity index (χ1) is 13.2. The SMILES string of the molecule is COC1CCCN(c2ccc(/C(C=[NH+]CC3CCCCO3)=N/N)c(C)c2)C1. The number of hydrazone groups is 1. The lowest BCUT2D eigenvalue weighted by Gasteiger charge is -2.34. The summed E-state index contributed by atoms with van der Waals surface area (Å²) < 4.78 is 11.3. The fraction of sp³-hybridized carbons (Fsp3) is 0.619. The monoisotopic (exact) mass is 373 g/mol. The molecular formula is C21H33N4O2+. The molecule has 0 bridgehead atoms. The van der Waals surface area contributed by atoms with Gasteiger partial charge in [0.1, 0.15) is 6.10 Å². The van der Waals surface area contributed by atoms with Gasteiger partial charge in [-0.2, -0.15) is 5.10 Å². The minimum absolute atomic E-state index is 0.283. The molecule has 0 amide bonds. The van der Waals surface area contributed by atoms with E-state index < -0.39 is 0 Å². The number of piperidine rings is 1. The molecule has 2 fully saturated rings. The van der Waals surface area contributed by atoms with Crippen LogP contribution in [-0.2, 0) is 9.47 Å². The number of aryl methyl sites for hydroxylation is 1. The second kappa shape index (κ2) is 9.85. The smallest absolute Gasteiger partial charge is 0.190 e. The molecule has 6 heteroatoms. The van der Waals surface area contributed by atoms with Crippen molar-refractivity contribution < 1.29 is 14.5 Å². The third-order valence-corrected chi connectivity index (χ3v) is 5.56. The fourth-order valence-electron chi connectivity index (χ4n) is 3.94. The predicted molar refractivity (Wildman–Crippen MR) is 110 cm³/mol. The van der Waals surface area contributed by atoms with E-state index in [0.717, 1.165) is 56.8 Å². The summed E-state index contributed by atoms with van der Waals surface area (Å²) >= 11 is 0. The minimum atomic E-state index is 0.283. The Labute approximate surface area is 162 Å². The first-order valence-electron chi connectivity index (χ1n) is 10.1. The molecule has 27 heavy (non-hydrogen) atoms. The van der Waals surface area contributed by atoms with Crippen molar-refractivity contribution in [1.82, 2.24) is 0 Å². The van der Waals surface area contributed by atoms with E-state index in [-0.39, 0.29) is 6.10 Å². The number of methoxy groups -OCH3 is 1. The molecule has 1 aromatic rings. The van der Waals surface area contributed by atoms with Crippen LogP contribution in [-0.4, -0.2) is 57.5 Å². The van der Waals surface area contributed by atoms with Crippen molar-refractivity contribution in [3.63, 3.8) is 0 Å². The van der Waals surface area contributed by atoms with Gasteiger partial charge in [0, 0.05) is 38.1 Å². The van der Waals surface area contributed by atoms with Crippen LogP contribution < -0.4 is 15.7 Å². The highest BCUT2D eigenvalue weighted by molar-refractivity contribution is 6.36. The van der Waals surface area contributed by atoms with Crippen molar-refractivity contribution in [2.45, 2.75) is 51.2 Å². The number of hydrogen-bond acceptors (Lipinski definition) is 5. The lowest BCUT2D eigenvalue weighted by molar-refractivity contribution is -0.465. The molecule has 0 aromatic heterocycles. The Bertz CT molecular complexity index is 668. The van der Waals surface area contributed by atoms with Gasteiger partial charge in [-0.25, -0.2) is 4.99 Å². The van der Waals surface area contributed by atoms with Crippen LogP contribution >= 0.6 is 0 Å². The number of nitrogens with zero attached hydrogens (tertiary/aromatic N) is 2. The summed E-state index contributed by atoms with van der Waals surface area (Å²) in [5.41, 5.74) is 4.23. The number of nitrogens with one attached hydrogen (secondary N) is 1. The normalized spacial score (nSPS) is 24.5. The number of hydrogen-bond donors (Lipinski definition) is 2. The van der Waals surface area contributed by atoms with Gasteiger partial charge in [0.25, 0.3) is 0 Å². The summed E-state index contributed by atoms with van der Waals surface area (Å²) in [6.07, 6.45) is 8.33. The van der Waals surface area contributed by atoms with Crippen LogP contribution in [0.15, 0.2) is 23.3 Å². The highest BCUT2D eigenvalue weighted by atomic mass is 16.5. The quantitative estimate of drug-likeness (QED) is 0.443. The van der Waals surface area contributed by atoms with E-state index >= 15 is 0 Å². The summed E-state index contributed by atoms with van der Waals surface area (Å²) in [7, 11) is 1.80. The zero-order valence-corrected chi connectivity index (χ0v) is 16.6. The van der Waals surface area contributed by atoms with E-state index in [0.29, 0.717) is 6.10 Å². The molecule has 3 rings (SSSR count). The van der Waals surface area contributed by atoms with E-state index in [1.165, 1.54) is 24.1 Å². The predicted octanol–water partition coefficient (Wildman–Crippen LogP) is 0.994. The van der Waals surface area contributed by atoms with Crippen molar-refractivity contribution >= 4 is 17.6 Å². The molecule has 0 radical (unpaired) electrons. The van der Waals surface area contributed by atoms with Crippen molar-refractivity contribution in [3.05, 3.63) is 29.3 Å². The van der Waals surface area contributed by atoms with Crippen LogP contribution in [0.5, 0.6) is 0 Å². The van der Waals surface area contributed by atoms with Crippen LogP contribution in [0.3, 0.4) is 0 Å². The van der Waals surface area contributed by atoms with Gasteiger partial charge >= 0.3 is 0 Å². The lowest BCUT2D eigenvalue weighted by atomic mass is 10.0. The summed E-state index contributed by atoms with van der Waals surface area (Å²) in [4.78, 5) is 5.73. The van der Waals surface area contributed by atoms with Crippen LogP contribution in [0.1, 0.15) is 43.2 Å². The summed E-state index contributed by atoms with van der Waals surface area (Å²) in [5.74, 6) is 5.67. The Morgan fingerprint density at radius 2 is 2.26 bits per heavy atom. The topological polar surface area (TPSA) is 74.0 Å². The van der Waals surface area contributed by atoms with Gasteiger partial charge in [-0.1, -0.05) is 6.07 Å². The first kappa shape index (κ1) is 19.8.